The average molecular weight is 657 g/mol. The van der Waals surface area contributed by atoms with E-state index in [1.54, 1.807) is 24.4 Å². The minimum absolute atomic E-state index is 0. The molecule has 10 nitrogen and oxygen atoms in total. The maximum atomic E-state index is 14.3. The van der Waals surface area contributed by atoms with Crippen molar-refractivity contribution in [2.75, 3.05) is 43.7 Å². The van der Waals surface area contributed by atoms with E-state index in [9.17, 15) is 8.42 Å². The molecule has 0 unspecified atom stereocenters. The molecule has 0 saturated carbocycles. The van der Waals surface area contributed by atoms with Gasteiger partial charge in [0.05, 0.1) is 35.5 Å². The predicted octanol–water partition coefficient (Wildman–Crippen LogP) is 4.37. The molecule has 0 aliphatic carbocycles. The molecular formula is C31H35Cl2N7O3S. The number of rotatable bonds is 9. The van der Waals surface area contributed by atoms with Crippen molar-refractivity contribution in [3.05, 3.63) is 95.9 Å². The van der Waals surface area contributed by atoms with E-state index in [-0.39, 0.29) is 42.1 Å². The van der Waals surface area contributed by atoms with Gasteiger partial charge >= 0.3 is 0 Å². The van der Waals surface area contributed by atoms with Gasteiger partial charge in [0, 0.05) is 56.8 Å². The number of aryl methyl sites for hydroxylation is 1. The third kappa shape index (κ3) is 6.67. The Hall–Kier alpha value is -3.74. The highest BCUT2D eigenvalue weighted by Gasteiger charge is 2.29. The lowest BCUT2D eigenvalue weighted by atomic mass is 10.1. The first-order chi connectivity index (χ1) is 20.3. The molecule has 13 heteroatoms. The first-order valence-corrected chi connectivity index (χ1v) is 15.3. The highest BCUT2D eigenvalue weighted by Crippen LogP contribution is 2.30. The Morgan fingerprint density at radius 3 is 2.48 bits per heavy atom. The number of aromatic nitrogens is 3. The van der Waals surface area contributed by atoms with Gasteiger partial charge in [0.1, 0.15) is 16.6 Å². The van der Waals surface area contributed by atoms with Crippen molar-refractivity contribution in [2.24, 2.45) is 12.8 Å². The van der Waals surface area contributed by atoms with E-state index in [1.165, 1.54) is 4.31 Å². The number of nitrogens with one attached hydrogen (secondary N) is 1. The second kappa shape index (κ2) is 13.9. The summed E-state index contributed by atoms with van der Waals surface area (Å²) in [7, 11) is -2.00. The summed E-state index contributed by atoms with van der Waals surface area (Å²) in [6.07, 6.45) is 2.20. The topological polar surface area (TPSA) is 130 Å². The van der Waals surface area contributed by atoms with Gasteiger partial charge in [-0.1, -0.05) is 42.5 Å². The zero-order chi connectivity index (χ0) is 29.3. The Labute approximate surface area is 269 Å². The van der Waals surface area contributed by atoms with Crippen molar-refractivity contribution in [1.29, 1.82) is 5.41 Å². The lowest BCUT2D eigenvalue weighted by Crippen LogP contribution is -2.43. The molecule has 0 radical (unpaired) electrons. The van der Waals surface area contributed by atoms with Gasteiger partial charge in [0.25, 0.3) is 10.0 Å². The van der Waals surface area contributed by atoms with Crippen molar-refractivity contribution in [3.63, 3.8) is 0 Å². The molecule has 44 heavy (non-hydrogen) atoms. The summed E-state index contributed by atoms with van der Waals surface area (Å²) < 4.78 is 37.7. The molecule has 3 aromatic carbocycles. The van der Waals surface area contributed by atoms with Gasteiger partial charge in [-0.3, -0.25) is 19.6 Å². The standard InChI is InChI=1S/C31H33N7O3S.2ClH/c1-36-27-12-11-25(21-26(27)35-29(36)20-22-7-9-24(10-8-22)31(32)33)38(15-14-37-16-18-41-19-17-37)42(39,40)28-6-2-4-23-5-3-13-34-30(23)28;;/h2-13,21H,14-20H2,1H3,(H3,32,33);2*1H. The zero-order valence-electron chi connectivity index (χ0n) is 24.2. The Kier molecular flexibility index (Phi) is 10.5. The van der Waals surface area contributed by atoms with E-state index in [0.29, 0.717) is 48.5 Å². The zero-order valence-corrected chi connectivity index (χ0v) is 26.7. The van der Waals surface area contributed by atoms with E-state index >= 15 is 0 Å². The van der Waals surface area contributed by atoms with E-state index in [4.69, 9.17) is 20.9 Å². The first kappa shape index (κ1) is 33.2. The normalized spacial score (nSPS) is 13.8. The molecule has 0 bridgehead atoms. The van der Waals surface area contributed by atoms with E-state index in [2.05, 4.69) is 9.88 Å². The van der Waals surface area contributed by atoms with Crippen LogP contribution in [0.25, 0.3) is 21.9 Å². The number of amidine groups is 1. The molecule has 1 saturated heterocycles. The van der Waals surface area contributed by atoms with Crippen LogP contribution in [0.5, 0.6) is 0 Å². The number of nitrogens with two attached hydrogens (primary N) is 1. The lowest BCUT2D eigenvalue weighted by Gasteiger charge is -2.31. The quantitative estimate of drug-likeness (QED) is 0.178. The highest BCUT2D eigenvalue weighted by atomic mass is 35.5. The molecule has 0 atom stereocenters. The van der Waals surface area contributed by atoms with E-state index < -0.39 is 10.0 Å². The third-order valence-corrected chi connectivity index (χ3v) is 9.62. The molecule has 1 fully saturated rings. The second-order valence-electron chi connectivity index (χ2n) is 10.4. The molecule has 3 heterocycles. The van der Waals surface area contributed by atoms with Crippen LogP contribution in [0.2, 0.25) is 0 Å². The highest BCUT2D eigenvalue weighted by molar-refractivity contribution is 7.93. The number of anilines is 1. The molecule has 1 aliphatic rings. The SMILES string of the molecule is Cl.Cl.Cn1c(Cc2ccc(C(=N)N)cc2)nc2cc(N(CCN3CCOCC3)S(=O)(=O)c3cccc4cccnc34)ccc21. The number of hydrogen-bond acceptors (Lipinski definition) is 7. The van der Waals surface area contributed by atoms with Gasteiger partial charge in [0.15, 0.2) is 0 Å². The fraction of sp³-hybridized carbons (Fsp3) is 0.258. The smallest absolute Gasteiger partial charge is 0.266 e. The summed E-state index contributed by atoms with van der Waals surface area (Å²) in [5.41, 5.74) is 9.94. The number of pyridine rings is 1. The number of fused-ring (bicyclic) bond motifs is 2. The monoisotopic (exact) mass is 655 g/mol. The number of benzene rings is 3. The molecule has 0 spiro atoms. The van der Waals surface area contributed by atoms with Crippen LogP contribution in [0.1, 0.15) is 17.0 Å². The summed E-state index contributed by atoms with van der Waals surface area (Å²) in [4.78, 5) is 11.7. The Balaban J connectivity index is 0.00000221. The van der Waals surface area contributed by atoms with Crippen molar-refractivity contribution >= 4 is 68.3 Å². The van der Waals surface area contributed by atoms with Crippen LogP contribution < -0.4 is 10.0 Å². The Morgan fingerprint density at radius 1 is 1.02 bits per heavy atom. The van der Waals surface area contributed by atoms with Crippen LogP contribution in [-0.2, 0) is 28.2 Å². The second-order valence-corrected chi connectivity index (χ2v) is 12.2. The lowest BCUT2D eigenvalue weighted by molar-refractivity contribution is 0.0395. The van der Waals surface area contributed by atoms with Crippen LogP contribution >= 0.6 is 24.8 Å². The Morgan fingerprint density at radius 2 is 1.75 bits per heavy atom. The third-order valence-electron chi connectivity index (χ3n) is 7.76. The number of halogens is 2. The minimum atomic E-state index is -3.96. The number of sulfonamides is 1. The first-order valence-electron chi connectivity index (χ1n) is 13.9. The molecule has 3 N–H and O–H groups in total. The van der Waals surface area contributed by atoms with Crippen molar-refractivity contribution in [3.8, 4) is 0 Å². The van der Waals surface area contributed by atoms with Gasteiger partial charge < -0.3 is 15.0 Å². The largest absolute Gasteiger partial charge is 0.384 e. The predicted molar refractivity (Wildman–Crippen MR) is 179 cm³/mol. The van der Waals surface area contributed by atoms with Crippen LogP contribution in [0, 0.1) is 5.41 Å². The molecule has 5 aromatic rings. The number of nitrogens with zero attached hydrogens (tertiary/aromatic N) is 5. The number of ether oxygens (including phenoxy) is 1. The van der Waals surface area contributed by atoms with Crippen molar-refractivity contribution in [1.82, 2.24) is 19.4 Å². The Bertz CT molecular complexity index is 1870. The summed E-state index contributed by atoms with van der Waals surface area (Å²) >= 11 is 0. The fourth-order valence-electron chi connectivity index (χ4n) is 5.38. The summed E-state index contributed by atoms with van der Waals surface area (Å²) in [6, 6.07) is 22.1. The van der Waals surface area contributed by atoms with Gasteiger partial charge in [-0.15, -0.1) is 24.8 Å². The van der Waals surface area contributed by atoms with E-state index in [1.807, 2.05) is 66.2 Å². The molecule has 1 aliphatic heterocycles. The molecule has 232 valence electrons. The van der Waals surface area contributed by atoms with Crippen molar-refractivity contribution < 1.29 is 13.2 Å². The van der Waals surface area contributed by atoms with Crippen LogP contribution in [0.15, 0.2) is 83.9 Å². The fourth-order valence-corrected chi connectivity index (χ4v) is 7.00. The maximum absolute atomic E-state index is 14.3. The summed E-state index contributed by atoms with van der Waals surface area (Å²) in [5.74, 6) is 0.878. The maximum Gasteiger partial charge on any atom is 0.266 e. The van der Waals surface area contributed by atoms with Crippen molar-refractivity contribution in [2.45, 2.75) is 11.3 Å². The summed E-state index contributed by atoms with van der Waals surface area (Å²) in [5, 5.41) is 8.39. The molecular weight excluding hydrogens is 621 g/mol. The number of para-hydroxylation sites is 1. The number of morpholine rings is 1. The molecule has 0 amide bonds. The minimum Gasteiger partial charge on any atom is -0.384 e. The van der Waals surface area contributed by atoms with Gasteiger partial charge in [0.2, 0.25) is 0 Å². The van der Waals surface area contributed by atoms with Gasteiger partial charge in [-0.2, -0.15) is 0 Å². The van der Waals surface area contributed by atoms with E-state index in [0.717, 1.165) is 35.4 Å². The summed E-state index contributed by atoms with van der Waals surface area (Å²) in [6.45, 7) is 3.65. The molecule has 2 aromatic heterocycles. The van der Waals surface area contributed by atoms with Gasteiger partial charge in [-0.25, -0.2) is 13.4 Å². The number of hydrogen-bond donors (Lipinski definition) is 2. The number of nitrogen functional groups attached to an aromatic ring is 1. The van der Waals surface area contributed by atoms with Crippen LogP contribution in [0.3, 0.4) is 0 Å². The van der Waals surface area contributed by atoms with Gasteiger partial charge in [-0.05, 0) is 35.9 Å². The average Bonchev–Trinajstić information content (AvgIpc) is 3.31. The number of imidazole rings is 1. The molecule has 6 rings (SSSR count). The van der Waals surface area contributed by atoms with Crippen LogP contribution in [0.4, 0.5) is 5.69 Å². The van der Waals surface area contributed by atoms with Crippen LogP contribution in [-0.4, -0.2) is 73.1 Å².